The predicted octanol–water partition coefficient (Wildman–Crippen LogP) is 1.38. The number of nitrogens with zero attached hydrogens (tertiary/aromatic N) is 4. The van der Waals surface area contributed by atoms with Crippen molar-refractivity contribution in [2.24, 2.45) is 10.2 Å². The van der Waals surface area contributed by atoms with E-state index in [0.29, 0.717) is 10.9 Å². The van der Waals surface area contributed by atoms with Crippen molar-refractivity contribution in [3.63, 3.8) is 0 Å². The Morgan fingerprint density at radius 2 is 2.04 bits per heavy atom. The van der Waals surface area contributed by atoms with E-state index in [9.17, 15) is 4.79 Å². The maximum Gasteiger partial charge on any atom is 0.236 e. The van der Waals surface area contributed by atoms with E-state index in [1.165, 1.54) is 30.3 Å². The van der Waals surface area contributed by atoms with Gasteiger partial charge in [0.1, 0.15) is 0 Å². The summed E-state index contributed by atoms with van der Waals surface area (Å²) in [5, 5.41) is 11.3. The van der Waals surface area contributed by atoms with Gasteiger partial charge >= 0.3 is 0 Å². The van der Waals surface area contributed by atoms with Gasteiger partial charge in [0.25, 0.3) is 0 Å². The van der Waals surface area contributed by atoms with Gasteiger partial charge in [0.05, 0.1) is 12.0 Å². The van der Waals surface area contributed by atoms with Crippen molar-refractivity contribution in [1.82, 2.24) is 15.1 Å². The highest BCUT2D eigenvalue weighted by molar-refractivity contribution is 8.15. The lowest BCUT2D eigenvalue weighted by Gasteiger charge is -2.20. The van der Waals surface area contributed by atoms with Gasteiger partial charge in [-0.15, -0.1) is 5.10 Å². The fourth-order valence-corrected chi connectivity index (χ4v) is 3.38. The summed E-state index contributed by atoms with van der Waals surface area (Å²) >= 11 is 1.38. The Bertz CT molecular complexity index is 628. The molecule has 3 rings (SSSR count). The van der Waals surface area contributed by atoms with Gasteiger partial charge in [-0.25, -0.2) is 0 Å². The number of hydrogen-bond donors (Lipinski definition) is 1. The van der Waals surface area contributed by atoms with Crippen molar-refractivity contribution in [2.75, 3.05) is 39.0 Å². The van der Waals surface area contributed by atoms with Crippen LogP contribution in [-0.4, -0.2) is 66.1 Å². The van der Waals surface area contributed by atoms with Crippen LogP contribution < -0.4 is 5.32 Å². The zero-order valence-electron chi connectivity index (χ0n) is 13.9. The molecule has 1 aromatic carbocycles. The molecule has 0 aliphatic carbocycles. The molecule has 2 heterocycles. The van der Waals surface area contributed by atoms with Crippen LogP contribution >= 0.6 is 11.8 Å². The Balaban J connectivity index is 1.52. The molecule has 128 valence electrons. The molecular formula is C17H23N5OS. The van der Waals surface area contributed by atoms with Gasteiger partial charge < -0.3 is 10.2 Å². The molecule has 2 saturated heterocycles. The molecular weight excluding hydrogens is 322 g/mol. The smallest absolute Gasteiger partial charge is 0.236 e. The van der Waals surface area contributed by atoms with Crippen molar-refractivity contribution < 1.29 is 4.79 Å². The molecule has 0 aromatic heterocycles. The van der Waals surface area contributed by atoms with Crippen LogP contribution in [0.15, 0.2) is 34.5 Å². The number of hydrogen-bond acceptors (Lipinski definition) is 6. The van der Waals surface area contributed by atoms with E-state index in [1.807, 2.05) is 0 Å². The van der Waals surface area contributed by atoms with Gasteiger partial charge in [-0.2, -0.15) is 5.10 Å². The van der Waals surface area contributed by atoms with Crippen LogP contribution in [0.5, 0.6) is 0 Å². The molecule has 0 radical (unpaired) electrons. The third kappa shape index (κ3) is 5.15. The van der Waals surface area contributed by atoms with Gasteiger partial charge in [0.15, 0.2) is 5.17 Å². The fourth-order valence-electron chi connectivity index (χ4n) is 2.75. The molecule has 7 heteroatoms. The number of rotatable bonds is 4. The maximum absolute atomic E-state index is 11.1. The van der Waals surface area contributed by atoms with Crippen LogP contribution in [0.4, 0.5) is 0 Å². The third-order valence-corrected chi connectivity index (χ3v) is 5.00. The summed E-state index contributed by atoms with van der Waals surface area (Å²) in [6.45, 7) is 5.61. The minimum absolute atomic E-state index is 0.0157. The Morgan fingerprint density at radius 3 is 2.79 bits per heavy atom. The lowest BCUT2D eigenvalue weighted by atomic mass is 10.1. The monoisotopic (exact) mass is 345 g/mol. The average molecular weight is 345 g/mol. The normalized spacial score (nSPS) is 22.2. The van der Waals surface area contributed by atoms with Crippen molar-refractivity contribution >= 4 is 29.1 Å². The third-order valence-electron chi connectivity index (χ3n) is 4.14. The van der Waals surface area contributed by atoms with Crippen LogP contribution in [0, 0.1) is 0 Å². The molecule has 2 aliphatic rings. The fraction of sp³-hybridized carbons (Fsp3) is 0.471. The summed E-state index contributed by atoms with van der Waals surface area (Å²) in [6.07, 6.45) is 2.94. The summed E-state index contributed by atoms with van der Waals surface area (Å²) in [5.74, 6) is 0.410. The minimum Gasteiger partial charge on any atom is -0.305 e. The molecule has 6 nitrogen and oxygen atoms in total. The van der Waals surface area contributed by atoms with Gasteiger partial charge in [0.2, 0.25) is 5.91 Å². The number of carbonyl (C=O) groups excluding carboxylic acids is 1. The number of benzene rings is 1. The lowest BCUT2D eigenvalue weighted by Crippen LogP contribution is -2.28. The number of thioether (sulfide) groups is 1. The quantitative estimate of drug-likeness (QED) is 0.661. The zero-order chi connectivity index (χ0) is 16.8. The number of carbonyl (C=O) groups is 1. The molecule has 24 heavy (non-hydrogen) atoms. The topological polar surface area (TPSA) is 60.3 Å². The van der Waals surface area contributed by atoms with Crippen LogP contribution in [0.1, 0.15) is 17.5 Å². The van der Waals surface area contributed by atoms with Crippen molar-refractivity contribution in [3.05, 3.63) is 35.4 Å². The summed E-state index contributed by atoms with van der Waals surface area (Å²) in [6, 6.07) is 8.41. The molecule has 1 amide bonds. The Kier molecular flexibility index (Phi) is 6.01. The number of amidine groups is 1. The summed E-state index contributed by atoms with van der Waals surface area (Å²) < 4.78 is 0. The van der Waals surface area contributed by atoms with Crippen LogP contribution in [0.3, 0.4) is 0 Å². The summed E-state index contributed by atoms with van der Waals surface area (Å²) in [7, 11) is 2.19. The minimum atomic E-state index is -0.0157. The highest BCUT2D eigenvalue weighted by atomic mass is 32.2. The molecule has 0 atom stereocenters. The van der Waals surface area contributed by atoms with E-state index < -0.39 is 0 Å². The number of amides is 1. The molecule has 0 bridgehead atoms. The van der Waals surface area contributed by atoms with Gasteiger partial charge in [-0.3, -0.25) is 9.69 Å². The van der Waals surface area contributed by atoms with E-state index in [1.54, 1.807) is 6.21 Å². The zero-order valence-corrected chi connectivity index (χ0v) is 14.8. The SMILES string of the molecule is CN1CCCN(Cc2ccc(C=NN=C3NC(=O)CS3)cc2)CC1. The molecule has 0 saturated carbocycles. The van der Waals surface area contributed by atoms with Crippen LogP contribution in [0.2, 0.25) is 0 Å². The van der Waals surface area contributed by atoms with Gasteiger partial charge in [-0.1, -0.05) is 36.0 Å². The highest BCUT2D eigenvalue weighted by Gasteiger charge is 2.16. The lowest BCUT2D eigenvalue weighted by molar-refractivity contribution is -0.116. The molecule has 2 aliphatic heterocycles. The Morgan fingerprint density at radius 1 is 1.21 bits per heavy atom. The van der Waals surface area contributed by atoms with Gasteiger partial charge in [-0.05, 0) is 37.7 Å². The molecule has 0 unspecified atom stereocenters. The first-order valence-electron chi connectivity index (χ1n) is 8.22. The predicted molar refractivity (Wildman–Crippen MR) is 99.5 cm³/mol. The first-order valence-corrected chi connectivity index (χ1v) is 9.21. The van der Waals surface area contributed by atoms with E-state index >= 15 is 0 Å². The Hall–Kier alpha value is -1.70. The maximum atomic E-state index is 11.1. The molecule has 1 N–H and O–H groups in total. The van der Waals surface area contributed by atoms with Crippen molar-refractivity contribution in [2.45, 2.75) is 13.0 Å². The standard InChI is InChI=1S/C17H23N5OS/c1-21-7-2-8-22(10-9-21)12-15-5-3-14(4-6-15)11-18-20-17-19-16(23)13-24-17/h3-6,11H,2,7-10,12-13H2,1H3,(H,19,20,23). The highest BCUT2D eigenvalue weighted by Crippen LogP contribution is 2.10. The average Bonchev–Trinajstić information content (AvgIpc) is 2.88. The van der Waals surface area contributed by atoms with Crippen molar-refractivity contribution in [3.8, 4) is 0 Å². The van der Waals surface area contributed by atoms with Crippen LogP contribution in [0.25, 0.3) is 0 Å². The van der Waals surface area contributed by atoms with Gasteiger partial charge in [0, 0.05) is 19.6 Å². The Labute approximate surface area is 147 Å². The second-order valence-corrected chi connectivity index (χ2v) is 7.13. The van der Waals surface area contributed by atoms with E-state index in [0.717, 1.165) is 31.7 Å². The molecule has 0 spiro atoms. The second kappa shape index (κ2) is 8.41. The number of likely N-dealkylation sites (N-methyl/N-ethyl adjacent to an activating group) is 1. The van der Waals surface area contributed by atoms with E-state index in [4.69, 9.17) is 0 Å². The van der Waals surface area contributed by atoms with E-state index in [-0.39, 0.29) is 5.91 Å². The van der Waals surface area contributed by atoms with Crippen LogP contribution in [-0.2, 0) is 11.3 Å². The largest absolute Gasteiger partial charge is 0.305 e. The second-order valence-electron chi connectivity index (χ2n) is 6.16. The molecule has 1 aromatic rings. The summed E-state index contributed by atoms with van der Waals surface area (Å²) in [5.41, 5.74) is 2.33. The number of nitrogens with one attached hydrogen (secondary N) is 1. The first-order chi connectivity index (χ1) is 11.7. The summed E-state index contributed by atoms with van der Waals surface area (Å²) in [4.78, 5) is 16.0. The van der Waals surface area contributed by atoms with E-state index in [2.05, 4.69) is 56.6 Å². The first kappa shape index (κ1) is 17.1. The van der Waals surface area contributed by atoms with Crippen molar-refractivity contribution in [1.29, 1.82) is 0 Å². The molecule has 2 fully saturated rings.